The van der Waals surface area contributed by atoms with Gasteiger partial charge in [-0.25, -0.2) is 0 Å². The fourth-order valence-corrected chi connectivity index (χ4v) is 9.14. The Hall–Kier alpha value is -4.25. The minimum absolute atomic E-state index is 0.0885. The molecule has 2 heterocycles. The first-order valence-corrected chi connectivity index (χ1v) is 21.0. The highest BCUT2D eigenvalue weighted by atomic mass is 15.2. The molecule has 0 N–H and O–H groups in total. The molecule has 0 atom stereocenters. The first-order valence-electron chi connectivity index (χ1n) is 21.0. The summed E-state index contributed by atoms with van der Waals surface area (Å²) < 4.78 is 2.61. The molecule has 0 saturated heterocycles. The van der Waals surface area contributed by atoms with Gasteiger partial charge in [-0.2, -0.15) is 4.58 Å². The molecule has 0 aliphatic carbocycles. The summed E-state index contributed by atoms with van der Waals surface area (Å²) in [6.45, 7) is 14.1. The Bertz CT molecular complexity index is 2090. The summed E-state index contributed by atoms with van der Waals surface area (Å²) in [5, 5.41) is 5.39. The quantitative estimate of drug-likeness (QED) is 0.0574. The molecule has 55 heavy (non-hydrogen) atoms. The standard InChI is InChI=1S/C51H67N4/c1-50(2)46(54(38-24-14-12-22-36-52(5)6)44-34-32-40-26-18-20-28-42(40)48(44)50)30-16-10-9-11-17-31-47-51(3,4)49-43-29-21-19-27-41(43)33-35-45(49)55(47)39-25-15-13-23-37-53(7)8/h9-11,16-21,26-35H,12-15,22-25,36-39H2,1-8H3/q+1. The zero-order valence-corrected chi connectivity index (χ0v) is 35.2. The van der Waals surface area contributed by atoms with Crippen LogP contribution < -0.4 is 4.90 Å². The van der Waals surface area contributed by atoms with E-state index in [9.17, 15) is 0 Å². The third kappa shape index (κ3) is 9.08. The number of benzene rings is 4. The van der Waals surface area contributed by atoms with Gasteiger partial charge in [-0.1, -0.05) is 118 Å². The van der Waals surface area contributed by atoms with Crippen molar-refractivity contribution >= 4 is 38.6 Å². The average Bonchev–Trinajstić information content (AvgIpc) is 3.51. The smallest absolute Gasteiger partial charge is 0.210 e. The average molecular weight is 736 g/mol. The Morgan fingerprint density at radius 2 is 1.13 bits per heavy atom. The van der Waals surface area contributed by atoms with Crippen LogP contribution in [0.25, 0.3) is 21.5 Å². The summed E-state index contributed by atoms with van der Waals surface area (Å²) >= 11 is 0. The molecular weight excluding hydrogens is 669 g/mol. The molecule has 2 aliphatic heterocycles. The van der Waals surface area contributed by atoms with E-state index in [1.165, 1.54) is 120 Å². The van der Waals surface area contributed by atoms with Gasteiger partial charge in [0.1, 0.15) is 6.54 Å². The highest BCUT2D eigenvalue weighted by Crippen LogP contribution is 2.51. The van der Waals surface area contributed by atoms with E-state index < -0.39 is 0 Å². The van der Waals surface area contributed by atoms with Gasteiger partial charge in [-0.3, -0.25) is 0 Å². The van der Waals surface area contributed by atoms with E-state index in [1.807, 2.05) is 0 Å². The molecule has 290 valence electrons. The molecule has 0 bridgehead atoms. The van der Waals surface area contributed by atoms with Crippen molar-refractivity contribution in [2.45, 2.75) is 89.9 Å². The maximum absolute atomic E-state index is 2.61. The maximum atomic E-state index is 2.61. The number of rotatable bonds is 18. The topological polar surface area (TPSA) is 12.7 Å². The van der Waals surface area contributed by atoms with Crippen molar-refractivity contribution in [1.29, 1.82) is 0 Å². The molecule has 0 saturated carbocycles. The first kappa shape index (κ1) is 40.4. The summed E-state index contributed by atoms with van der Waals surface area (Å²) in [6, 6.07) is 27.1. The Balaban J connectivity index is 1.21. The van der Waals surface area contributed by atoms with Crippen molar-refractivity contribution in [3.05, 3.63) is 132 Å². The molecule has 4 nitrogen and oxygen atoms in total. The first-order chi connectivity index (χ1) is 26.5. The van der Waals surface area contributed by atoms with Crippen LogP contribution in [0, 0.1) is 0 Å². The second-order valence-electron chi connectivity index (χ2n) is 17.4. The van der Waals surface area contributed by atoms with E-state index >= 15 is 0 Å². The minimum Gasteiger partial charge on any atom is -0.344 e. The number of allylic oxidation sites excluding steroid dienone is 8. The predicted octanol–water partition coefficient (Wildman–Crippen LogP) is 12.0. The van der Waals surface area contributed by atoms with E-state index in [0.29, 0.717) is 0 Å². The zero-order chi connectivity index (χ0) is 39.0. The van der Waals surface area contributed by atoms with Crippen LogP contribution in [0.2, 0.25) is 0 Å². The second-order valence-corrected chi connectivity index (χ2v) is 17.4. The Labute approximate surface area is 333 Å². The zero-order valence-electron chi connectivity index (χ0n) is 35.2. The molecule has 0 fully saturated rings. The Kier molecular flexibility index (Phi) is 13.3. The van der Waals surface area contributed by atoms with E-state index in [1.54, 1.807) is 0 Å². The van der Waals surface area contributed by atoms with E-state index in [-0.39, 0.29) is 10.8 Å². The van der Waals surface area contributed by atoms with Crippen LogP contribution in [0.4, 0.5) is 11.4 Å². The highest BCUT2D eigenvalue weighted by Gasteiger charge is 2.45. The third-order valence-corrected chi connectivity index (χ3v) is 11.9. The number of fused-ring (bicyclic) bond motifs is 6. The number of anilines is 1. The second kappa shape index (κ2) is 18.1. The SMILES string of the molecule is CN(C)CCCCCCN1/C(=C/C=C/C=C/C=C/C2=[N+](CCCCCCN(C)C)c3ccc4ccccc4c3C2(C)C)C(C)(C)c2c1ccc1ccccc21. The van der Waals surface area contributed by atoms with Gasteiger partial charge in [0, 0.05) is 47.5 Å². The van der Waals surface area contributed by atoms with Crippen LogP contribution in [-0.4, -0.2) is 74.5 Å². The summed E-state index contributed by atoms with van der Waals surface area (Å²) in [4.78, 5) is 7.20. The van der Waals surface area contributed by atoms with Crippen LogP contribution in [0.5, 0.6) is 0 Å². The molecular formula is C51H67N4+. The van der Waals surface area contributed by atoms with Gasteiger partial charge in [-0.15, -0.1) is 0 Å². The van der Waals surface area contributed by atoms with Crippen molar-refractivity contribution in [2.75, 3.05) is 59.3 Å². The fraction of sp³-hybridized carbons (Fsp3) is 0.431. The highest BCUT2D eigenvalue weighted by molar-refractivity contribution is 6.07. The van der Waals surface area contributed by atoms with Crippen LogP contribution in [0.15, 0.2) is 121 Å². The molecule has 4 aromatic carbocycles. The minimum atomic E-state index is -0.0885. The van der Waals surface area contributed by atoms with Gasteiger partial charge in [0.05, 0.1) is 5.41 Å². The van der Waals surface area contributed by atoms with Crippen LogP contribution in [0.3, 0.4) is 0 Å². The van der Waals surface area contributed by atoms with Gasteiger partial charge >= 0.3 is 0 Å². The van der Waals surface area contributed by atoms with Crippen LogP contribution >= 0.6 is 0 Å². The monoisotopic (exact) mass is 736 g/mol. The van der Waals surface area contributed by atoms with Gasteiger partial charge in [0.2, 0.25) is 5.69 Å². The van der Waals surface area contributed by atoms with E-state index in [2.05, 4.69) is 190 Å². The fourth-order valence-electron chi connectivity index (χ4n) is 9.14. The molecule has 6 rings (SSSR count). The van der Waals surface area contributed by atoms with Crippen molar-refractivity contribution in [2.24, 2.45) is 0 Å². The summed E-state index contributed by atoms with van der Waals surface area (Å²) in [7, 11) is 8.68. The van der Waals surface area contributed by atoms with Crippen LogP contribution in [0.1, 0.15) is 90.2 Å². The molecule has 4 aromatic rings. The van der Waals surface area contributed by atoms with Crippen molar-refractivity contribution < 1.29 is 4.58 Å². The number of hydrogen-bond acceptors (Lipinski definition) is 3. The molecule has 0 spiro atoms. The molecule has 2 aliphatic rings. The lowest BCUT2D eigenvalue weighted by atomic mass is 9.79. The van der Waals surface area contributed by atoms with Crippen LogP contribution in [-0.2, 0) is 10.8 Å². The van der Waals surface area contributed by atoms with Crippen molar-refractivity contribution in [1.82, 2.24) is 9.80 Å². The van der Waals surface area contributed by atoms with E-state index in [0.717, 1.165) is 13.1 Å². The largest absolute Gasteiger partial charge is 0.344 e. The Morgan fingerprint density at radius 1 is 0.564 bits per heavy atom. The van der Waals surface area contributed by atoms with Gasteiger partial charge in [-0.05, 0) is 126 Å². The lowest BCUT2D eigenvalue weighted by Gasteiger charge is -2.27. The lowest BCUT2D eigenvalue weighted by Crippen LogP contribution is -2.28. The van der Waals surface area contributed by atoms with Crippen molar-refractivity contribution in [3.8, 4) is 0 Å². The van der Waals surface area contributed by atoms with Gasteiger partial charge in [0.15, 0.2) is 5.71 Å². The summed E-state index contributed by atoms with van der Waals surface area (Å²) in [5.74, 6) is 0. The molecule has 0 radical (unpaired) electrons. The predicted molar refractivity (Wildman–Crippen MR) is 241 cm³/mol. The van der Waals surface area contributed by atoms with Crippen molar-refractivity contribution in [3.63, 3.8) is 0 Å². The number of unbranched alkanes of at least 4 members (excludes halogenated alkanes) is 6. The molecule has 0 aromatic heterocycles. The summed E-state index contributed by atoms with van der Waals surface area (Å²) in [5.41, 5.74) is 8.26. The molecule has 4 heteroatoms. The third-order valence-electron chi connectivity index (χ3n) is 11.9. The summed E-state index contributed by atoms with van der Waals surface area (Å²) in [6.07, 6.45) is 25.8. The van der Waals surface area contributed by atoms with E-state index in [4.69, 9.17) is 0 Å². The van der Waals surface area contributed by atoms with Gasteiger partial charge < -0.3 is 14.7 Å². The van der Waals surface area contributed by atoms with Gasteiger partial charge in [0.25, 0.3) is 0 Å². The molecule has 0 unspecified atom stereocenters. The maximum Gasteiger partial charge on any atom is 0.210 e. The Morgan fingerprint density at radius 3 is 1.80 bits per heavy atom. The molecule has 0 amide bonds. The normalized spacial score (nSPS) is 17.2. The number of nitrogens with zero attached hydrogens (tertiary/aromatic N) is 4. The number of hydrogen-bond donors (Lipinski definition) is 0. The lowest BCUT2D eigenvalue weighted by molar-refractivity contribution is -0.438.